The molecule has 0 aliphatic carbocycles. The number of amides is 1. The normalized spacial score (nSPS) is 11.1. The van der Waals surface area contributed by atoms with Crippen LogP contribution in [0.1, 0.15) is 29.9 Å². The number of benzene rings is 1. The molecule has 0 spiro atoms. The summed E-state index contributed by atoms with van der Waals surface area (Å²) in [5.74, 6) is -2.06. The van der Waals surface area contributed by atoms with Crippen LogP contribution in [0, 0.1) is 17.6 Å². The molecule has 0 saturated carbocycles. The molecule has 0 unspecified atom stereocenters. The van der Waals surface area contributed by atoms with Gasteiger partial charge in [0.05, 0.1) is 0 Å². The first-order chi connectivity index (χ1) is 12.9. The van der Waals surface area contributed by atoms with Crippen molar-refractivity contribution in [3.8, 4) is 0 Å². The number of rotatable bonds is 5. The van der Waals surface area contributed by atoms with Crippen molar-refractivity contribution >= 4 is 17.1 Å². The van der Waals surface area contributed by atoms with Crippen LogP contribution in [0.2, 0.25) is 0 Å². The Morgan fingerprint density at radius 3 is 2.74 bits per heavy atom. The highest BCUT2D eigenvalue weighted by atomic mass is 19.1. The van der Waals surface area contributed by atoms with Gasteiger partial charge in [0.25, 0.3) is 11.5 Å². The van der Waals surface area contributed by atoms with Gasteiger partial charge < -0.3 is 5.32 Å². The molecule has 8 heteroatoms. The van der Waals surface area contributed by atoms with E-state index in [-0.39, 0.29) is 23.7 Å². The summed E-state index contributed by atoms with van der Waals surface area (Å²) in [5, 5.41) is 2.46. The fraction of sp³-hybridized carbons (Fsp3) is 0.263. The number of aromatic nitrogens is 3. The second kappa shape index (κ2) is 7.61. The average Bonchev–Trinajstić information content (AvgIpc) is 2.62. The molecule has 0 saturated heterocycles. The van der Waals surface area contributed by atoms with E-state index in [9.17, 15) is 18.4 Å². The molecule has 0 radical (unpaired) electrons. The Bertz CT molecular complexity index is 1060. The lowest BCUT2D eigenvalue weighted by molar-refractivity contribution is 0.0943. The van der Waals surface area contributed by atoms with E-state index >= 15 is 0 Å². The Morgan fingerprint density at radius 2 is 2.04 bits per heavy atom. The van der Waals surface area contributed by atoms with Crippen LogP contribution in [-0.4, -0.2) is 20.4 Å². The summed E-state index contributed by atoms with van der Waals surface area (Å²) < 4.78 is 28.1. The van der Waals surface area contributed by atoms with Gasteiger partial charge in [-0.05, 0) is 24.1 Å². The molecule has 0 aliphatic heterocycles. The Hall–Kier alpha value is -3.16. The van der Waals surface area contributed by atoms with Crippen molar-refractivity contribution in [1.29, 1.82) is 0 Å². The van der Waals surface area contributed by atoms with Gasteiger partial charge in [-0.3, -0.25) is 14.2 Å². The third kappa shape index (κ3) is 3.99. The molecule has 1 N–H and O–H groups in total. The minimum Gasteiger partial charge on any atom is -0.346 e. The predicted octanol–water partition coefficient (Wildman–Crippen LogP) is 2.66. The zero-order chi connectivity index (χ0) is 19.6. The van der Waals surface area contributed by atoms with E-state index in [4.69, 9.17) is 0 Å². The summed E-state index contributed by atoms with van der Waals surface area (Å²) >= 11 is 0. The Balaban J connectivity index is 1.94. The molecule has 1 aromatic carbocycles. The molecule has 0 bridgehead atoms. The van der Waals surface area contributed by atoms with Gasteiger partial charge >= 0.3 is 0 Å². The van der Waals surface area contributed by atoms with Gasteiger partial charge in [0.2, 0.25) is 0 Å². The molecule has 0 fully saturated rings. The number of carbonyl (C=O) groups is 1. The predicted molar refractivity (Wildman–Crippen MR) is 96.2 cm³/mol. The number of pyridine rings is 1. The molecule has 3 rings (SSSR count). The second-order valence-corrected chi connectivity index (χ2v) is 6.53. The zero-order valence-corrected chi connectivity index (χ0v) is 14.9. The third-order valence-corrected chi connectivity index (χ3v) is 3.92. The van der Waals surface area contributed by atoms with Crippen LogP contribution >= 0.6 is 0 Å². The van der Waals surface area contributed by atoms with Gasteiger partial charge in [-0.1, -0.05) is 19.9 Å². The molecule has 6 nitrogen and oxygen atoms in total. The number of hydrogen-bond acceptors (Lipinski definition) is 4. The van der Waals surface area contributed by atoms with Crippen LogP contribution in [0.15, 0.2) is 41.3 Å². The summed E-state index contributed by atoms with van der Waals surface area (Å²) in [6, 6.07) is 6.39. The number of carbonyl (C=O) groups excluding carboxylic acids is 1. The molecular weight excluding hydrogens is 354 g/mol. The van der Waals surface area contributed by atoms with E-state index in [0.717, 1.165) is 12.1 Å². The maximum Gasteiger partial charge on any atom is 0.283 e. The fourth-order valence-electron chi connectivity index (χ4n) is 2.68. The Labute approximate surface area is 153 Å². The lowest BCUT2D eigenvalue weighted by atomic mass is 10.2. The smallest absolute Gasteiger partial charge is 0.283 e. The van der Waals surface area contributed by atoms with Crippen molar-refractivity contribution in [3.63, 3.8) is 0 Å². The molecule has 1 amide bonds. The number of halogens is 2. The standard InChI is InChI=1S/C19H18F2N4O2/c1-11(2)10-25-17-15(4-3-7-22-17)24-16(19(25)27)18(26)23-9-12-5-6-13(20)8-14(12)21/h3-8,11H,9-10H2,1-2H3,(H,23,26). The average molecular weight is 372 g/mol. The Morgan fingerprint density at radius 1 is 1.26 bits per heavy atom. The fourth-order valence-corrected chi connectivity index (χ4v) is 2.68. The lowest BCUT2D eigenvalue weighted by Crippen LogP contribution is -2.35. The third-order valence-electron chi connectivity index (χ3n) is 3.92. The number of fused-ring (bicyclic) bond motifs is 1. The minimum atomic E-state index is -0.775. The summed E-state index contributed by atoms with van der Waals surface area (Å²) in [4.78, 5) is 33.6. The topological polar surface area (TPSA) is 76.9 Å². The largest absolute Gasteiger partial charge is 0.346 e. The summed E-state index contributed by atoms with van der Waals surface area (Å²) in [6.45, 7) is 4.07. The maximum atomic E-state index is 13.7. The molecule has 140 valence electrons. The number of nitrogens with zero attached hydrogens (tertiary/aromatic N) is 3. The van der Waals surface area contributed by atoms with Crippen LogP contribution in [0.25, 0.3) is 11.2 Å². The SMILES string of the molecule is CC(C)Cn1c(=O)c(C(=O)NCc2ccc(F)cc2F)nc2cccnc21. The minimum absolute atomic E-state index is 0.106. The van der Waals surface area contributed by atoms with E-state index in [1.54, 1.807) is 18.3 Å². The van der Waals surface area contributed by atoms with Crippen molar-refractivity contribution in [2.75, 3.05) is 0 Å². The summed E-state index contributed by atoms with van der Waals surface area (Å²) in [6.07, 6.45) is 1.55. The Kier molecular flexibility index (Phi) is 5.25. The summed E-state index contributed by atoms with van der Waals surface area (Å²) in [5.41, 5.74) is 0.0635. The zero-order valence-electron chi connectivity index (χ0n) is 14.9. The molecule has 0 atom stereocenters. The van der Waals surface area contributed by atoms with Crippen molar-refractivity contribution in [1.82, 2.24) is 19.9 Å². The number of hydrogen-bond donors (Lipinski definition) is 1. The first kappa shape index (κ1) is 18.6. The van der Waals surface area contributed by atoms with Gasteiger partial charge in [-0.25, -0.2) is 18.7 Å². The van der Waals surface area contributed by atoms with Gasteiger partial charge in [0, 0.05) is 30.9 Å². The first-order valence-electron chi connectivity index (χ1n) is 8.44. The van der Waals surface area contributed by atoms with Crippen LogP contribution < -0.4 is 10.9 Å². The van der Waals surface area contributed by atoms with Crippen LogP contribution in [0.4, 0.5) is 8.78 Å². The lowest BCUT2D eigenvalue weighted by Gasteiger charge is -2.13. The van der Waals surface area contributed by atoms with E-state index < -0.39 is 23.1 Å². The molecule has 3 aromatic rings. The van der Waals surface area contributed by atoms with Gasteiger partial charge in [-0.2, -0.15) is 0 Å². The quantitative estimate of drug-likeness (QED) is 0.747. The van der Waals surface area contributed by atoms with Crippen LogP contribution in [0.3, 0.4) is 0 Å². The van der Waals surface area contributed by atoms with Gasteiger partial charge in [0.15, 0.2) is 11.3 Å². The molecule has 2 aromatic heterocycles. The van der Waals surface area contributed by atoms with Crippen molar-refractivity contribution < 1.29 is 13.6 Å². The maximum absolute atomic E-state index is 13.7. The monoisotopic (exact) mass is 372 g/mol. The highest BCUT2D eigenvalue weighted by Gasteiger charge is 2.19. The van der Waals surface area contributed by atoms with Crippen molar-refractivity contribution in [2.24, 2.45) is 5.92 Å². The molecule has 0 aliphatic rings. The van der Waals surface area contributed by atoms with E-state index in [1.807, 2.05) is 13.8 Å². The van der Waals surface area contributed by atoms with Crippen molar-refractivity contribution in [3.05, 3.63) is 69.8 Å². The van der Waals surface area contributed by atoms with Gasteiger partial charge in [-0.15, -0.1) is 0 Å². The number of nitrogens with one attached hydrogen (secondary N) is 1. The summed E-state index contributed by atoms with van der Waals surface area (Å²) in [7, 11) is 0. The van der Waals surface area contributed by atoms with E-state index in [0.29, 0.717) is 17.7 Å². The van der Waals surface area contributed by atoms with Gasteiger partial charge in [0.1, 0.15) is 17.2 Å². The highest BCUT2D eigenvalue weighted by Crippen LogP contribution is 2.11. The second-order valence-electron chi connectivity index (χ2n) is 6.53. The molecule has 2 heterocycles. The van der Waals surface area contributed by atoms with Crippen LogP contribution in [0.5, 0.6) is 0 Å². The van der Waals surface area contributed by atoms with Crippen molar-refractivity contribution in [2.45, 2.75) is 26.9 Å². The van der Waals surface area contributed by atoms with Crippen LogP contribution in [-0.2, 0) is 13.1 Å². The molecule has 27 heavy (non-hydrogen) atoms. The first-order valence-corrected chi connectivity index (χ1v) is 8.44. The highest BCUT2D eigenvalue weighted by molar-refractivity contribution is 5.93. The van der Waals surface area contributed by atoms with E-state index in [2.05, 4.69) is 15.3 Å². The van der Waals surface area contributed by atoms with E-state index in [1.165, 1.54) is 10.6 Å². The molecular formula is C19H18F2N4O2.